The molecule has 0 aliphatic heterocycles. The highest BCUT2D eigenvalue weighted by atomic mass is 32.2. The molecule has 0 aromatic heterocycles. The first kappa shape index (κ1) is 21.9. The molecule has 1 N–H and O–H groups in total. The predicted molar refractivity (Wildman–Crippen MR) is 117 cm³/mol. The van der Waals surface area contributed by atoms with E-state index >= 15 is 0 Å². The molecule has 0 saturated heterocycles. The van der Waals surface area contributed by atoms with Gasteiger partial charge in [-0.3, -0.25) is 4.79 Å². The molecule has 156 valence electrons. The van der Waals surface area contributed by atoms with E-state index < -0.39 is 18.5 Å². The molecular weight excluding hydrogens is 412 g/mol. The second-order valence-electron chi connectivity index (χ2n) is 6.41. The van der Waals surface area contributed by atoms with Crippen LogP contribution in [-0.2, 0) is 16.1 Å². The molecule has 0 heterocycles. The molecule has 0 atom stereocenters. The van der Waals surface area contributed by atoms with E-state index in [-0.39, 0.29) is 0 Å². The Hall–Kier alpha value is -3.76. The molecular formula is C24H20N2O4S. The number of rotatable bonds is 8. The number of ether oxygens (including phenoxy) is 2. The highest BCUT2D eigenvalue weighted by Crippen LogP contribution is 2.32. The van der Waals surface area contributed by atoms with Gasteiger partial charge in [0.1, 0.15) is 11.8 Å². The number of nitrogens with one attached hydrogen (secondary N) is 1. The highest BCUT2D eigenvalue weighted by molar-refractivity contribution is 7.99. The summed E-state index contributed by atoms with van der Waals surface area (Å²) in [7, 11) is 1.58. The Morgan fingerprint density at radius 2 is 1.74 bits per heavy atom. The van der Waals surface area contributed by atoms with Crippen LogP contribution in [0, 0.1) is 11.3 Å². The van der Waals surface area contributed by atoms with Crippen molar-refractivity contribution in [1.82, 2.24) is 5.32 Å². The maximum Gasteiger partial charge on any atom is 0.339 e. The van der Waals surface area contributed by atoms with Crippen LogP contribution in [0.3, 0.4) is 0 Å². The number of amides is 1. The molecule has 31 heavy (non-hydrogen) atoms. The topological polar surface area (TPSA) is 88.4 Å². The lowest BCUT2D eigenvalue weighted by Crippen LogP contribution is -2.28. The molecule has 3 aromatic rings. The number of hydrogen-bond acceptors (Lipinski definition) is 6. The number of esters is 1. The van der Waals surface area contributed by atoms with Gasteiger partial charge in [0.2, 0.25) is 0 Å². The van der Waals surface area contributed by atoms with Gasteiger partial charge >= 0.3 is 5.97 Å². The van der Waals surface area contributed by atoms with Gasteiger partial charge in [0.05, 0.1) is 18.2 Å². The summed E-state index contributed by atoms with van der Waals surface area (Å²) in [6.45, 7) is -0.0957. The molecule has 1 amide bonds. The third-order valence-corrected chi connectivity index (χ3v) is 5.44. The van der Waals surface area contributed by atoms with E-state index in [9.17, 15) is 14.9 Å². The summed E-state index contributed by atoms with van der Waals surface area (Å²) in [6, 6.07) is 23.6. The van der Waals surface area contributed by atoms with Crippen LogP contribution in [-0.4, -0.2) is 25.6 Å². The van der Waals surface area contributed by atoms with Gasteiger partial charge in [-0.2, -0.15) is 5.26 Å². The van der Waals surface area contributed by atoms with Gasteiger partial charge in [-0.25, -0.2) is 4.79 Å². The Kier molecular flexibility index (Phi) is 7.68. The molecule has 0 aliphatic carbocycles. The maximum atomic E-state index is 12.6. The molecule has 0 spiro atoms. The van der Waals surface area contributed by atoms with Crippen LogP contribution in [0.5, 0.6) is 5.75 Å². The van der Waals surface area contributed by atoms with Crippen molar-refractivity contribution >= 4 is 23.6 Å². The van der Waals surface area contributed by atoms with Crippen LogP contribution >= 0.6 is 11.8 Å². The van der Waals surface area contributed by atoms with Gasteiger partial charge in [0.25, 0.3) is 5.91 Å². The summed E-state index contributed by atoms with van der Waals surface area (Å²) in [5, 5.41) is 12.0. The van der Waals surface area contributed by atoms with Crippen LogP contribution in [0.1, 0.15) is 21.5 Å². The number of nitriles is 1. The summed E-state index contributed by atoms with van der Waals surface area (Å²) in [6.07, 6.45) is 0. The molecule has 0 aliphatic rings. The minimum absolute atomic E-state index is 0.297. The van der Waals surface area contributed by atoms with Gasteiger partial charge in [-0.05, 0) is 42.0 Å². The van der Waals surface area contributed by atoms with Crippen molar-refractivity contribution in [3.8, 4) is 11.8 Å². The molecule has 0 unspecified atom stereocenters. The summed E-state index contributed by atoms with van der Waals surface area (Å²) >= 11 is 1.30. The Bertz CT molecular complexity index is 1120. The lowest BCUT2D eigenvalue weighted by Gasteiger charge is -2.10. The Labute approximate surface area is 184 Å². The fraction of sp³-hybridized carbons (Fsp3) is 0.125. The van der Waals surface area contributed by atoms with Crippen LogP contribution in [0.25, 0.3) is 0 Å². The first-order chi connectivity index (χ1) is 15.1. The zero-order chi connectivity index (χ0) is 22.1. The fourth-order valence-electron chi connectivity index (χ4n) is 2.73. The molecule has 3 rings (SSSR count). The van der Waals surface area contributed by atoms with Crippen molar-refractivity contribution in [3.63, 3.8) is 0 Å². The lowest BCUT2D eigenvalue weighted by molar-refractivity contribution is -0.124. The first-order valence-electron chi connectivity index (χ1n) is 9.43. The van der Waals surface area contributed by atoms with E-state index in [0.29, 0.717) is 28.3 Å². The Morgan fingerprint density at radius 3 is 2.52 bits per heavy atom. The quantitative estimate of drug-likeness (QED) is 0.537. The number of hydrogen-bond donors (Lipinski definition) is 1. The summed E-state index contributed by atoms with van der Waals surface area (Å²) < 4.78 is 10.4. The van der Waals surface area contributed by atoms with Crippen LogP contribution in [0.15, 0.2) is 82.6 Å². The number of methoxy groups -OCH3 is 1. The first-order valence-corrected chi connectivity index (χ1v) is 10.2. The van der Waals surface area contributed by atoms with E-state index in [1.807, 2.05) is 36.4 Å². The average molecular weight is 433 g/mol. The third-order valence-electron chi connectivity index (χ3n) is 4.29. The van der Waals surface area contributed by atoms with Crippen molar-refractivity contribution in [3.05, 3.63) is 89.5 Å². The summed E-state index contributed by atoms with van der Waals surface area (Å²) in [5.41, 5.74) is 1.73. The Morgan fingerprint density at radius 1 is 1.00 bits per heavy atom. The number of benzene rings is 3. The number of carbonyl (C=O) groups is 2. The van der Waals surface area contributed by atoms with Crippen LogP contribution in [0.4, 0.5) is 0 Å². The van der Waals surface area contributed by atoms with E-state index in [1.54, 1.807) is 43.5 Å². The van der Waals surface area contributed by atoms with Gasteiger partial charge in [-0.1, -0.05) is 48.2 Å². The summed E-state index contributed by atoms with van der Waals surface area (Å²) in [4.78, 5) is 26.1. The molecule has 0 saturated carbocycles. The van der Waals surface area contributed by atoms with Crippen molar-refractivity contribution in [2.75, 3.05) is 13.7 Å². The minimum Gasteiger partial charge on any atom is -0.497 e. The zero-order valence-corrected chi connectivity index (χ0v) is 17.6. The SMILES string of the molecule is COc1cccc(CNC(=O)COC(=O)c2ccccc2Sc2ccccc2C#N)c1. The van der Waals surface area contributed by atoms with Gasteiger partial charge in [0.15, 0.2) is 6.61 Å². The lowest BCUT2D eigenvalue weighted by atomic mass is 10.2. The van der Waals surface area contributed by atoms with Crippen molar-refractivity contribution in [2.24, 2.45) is 0 Å². The summed E-state index contributed by atoms with van der Waals surface area (Å²) in [5.74, 6) is -0.310. The largest absolute Gasteiger partial charge is 0.497 e. The van der Waals surface area contributed by atoms with Gasteiger partial charge in [0, 0.05) is 16.3 Å². The molecule has 7 heteroatoms. The zero-order valence-electron chi connectivity index (χ0n) is 16.8. The standard InChI is InChI=1S/C24H20N2O4S/c1-29-19-9-6-7-17(13-19)15-26-23(27)16-30-24(28)20-10-3-5-12-22(20)31-21-11-4-2-8-18(21)14-25/h2-13H,15-16H2,1H3,(H,26,27). The van der Waals surface area contributed by atoms with E-state index in [0.717, 1.165) is 10.5 Å². The smallest absolute Gasteiger partial charge is 0.339 e. The normalized spacial score (nSPS) is 10.1. The average Bonchev–Trinajstić information content (AvgIpc) is 2.82. The predicted octanol–water partition coefficient (Wildman–Crippen LogP) is 4.19. The molecule has 6 nitrogen and oxygen atoms in total. The monoisotopic (exact) mass is 432 g/mol. The van der Waals surface area contributed by atoms with Crippen molar-refractivity contribution in [1.29, 1.82) is 5.26 Å². The van der Waals surface area contributed by atoms with E-state index in [1.165, 1.54) is 11.8 Å². The van der Waals surface area contributed by atoms with Crippen molar-refractivity contribution < 1.29 is 19.1 Å². The van der Waals surface area contributed by atoms with Crippen molar-refractivity contribution in [2.45, 2.75) is 16.3 Å². The molecule has 3 aromatic carbocycles. The number of carbonyl (C=O) groups excluding carboxylic acids is 2. The van der Waals surface area contributed by atoms with Gasteiger partial charge < -0.3 is 14.8 Å². The van der Waals surface area contributed by atoms with Gasteiger partial charge in [-0.15, -0.1) is 0 Å². The number of nitrogens with zero attached hydrogens (tertiary/aromatic N) is 1. The van der Waals surface area contributed by atoms with Crippen LogP contribution in [0.2, 0.25) is 0 Å². The molecule has 0 bridgehead atoms. The maximum absolute atomic E-state index is 12.6. The van der Waals surface area contributed by atoms with E-state index in [2.05, 4.69) is 11.4 Å². The Balaban J connectivity index is 1.59. The second-order valence-corrected chi connectivity index (χ2v) is 7.49. The molecule has 0 radical (unpaired) electrons. The molecule has 0 fully saturated rings. The minimum atomic E-state index is -0.603. The van der Waals surface area contributed by atoms with Crippen LogP contribution < -0.4 is 10.1 Å². The highest BCUT2D eigenvalue weighted by Gasteiger charge is 2.16. The fourth-order valence-corrected chi connectivity index (χ4v) is 3.75. The van der Waals surface area contributed by atoms with E-state index in [4.69, 9.17) is 9.47 Å². The second kappa shape index (κ2) is 10.9. The third kappa shape index (κ3) is 6.11.